The Labute approximate surface area is 73.6 Å². The highest BCUT2D eigenvalue weighted by Gasteiger charge is 1.86. The SMILES string of the molecule is C#Cc1ccc(C#CCC)cc1. The first-order valence-corrected chi connectivity index (χ1v) is 3.92. The first-order chi connectivity index (χ1) is 5.86. The number of terminal acetylenes is 1. The average Bonchev–Trinajstić information content (AvgIpc) is 2.15. The first kappa shape index (κ1) is 8.44. The summed E-state index contributed by atoms with van der Waals surface area (Å²) in [6, 6.07) is 7.69. The van der Waals surface area contributed by atoms with Crippen LogP contribution in [0.3, 0.4) is 0 Å². The lowest BCUT2D eigenvalue weighted by Crippen LogP contribution is -1.75. The van der Waals surface area contributed by atoms with Crippen molar-refractivity contribution in [2.75, 3.05) is 0 Å². The second-order valence-electron chi connectivity index (χ2n) is 2.38. The van der Waals surface area contributed by atoms with Crippen molar-refractivity contribution in [1.29, 1.82) is 0 Å². The molecule has 0 saturated heterocycles. The van der Waals surface area contributed by atoms with Gasteiger partial charge in [-0.25, -0.2) is 0 Å². The lowest BCUT2D eigenvalue weighted by molar-refractivity contribution is 1.28. The monoisotopic (exact) mass is 154 g/mol. The fourth-order valence-corrected chi connectivity index (χ4v) is 0.840. The second-order valence-corrected chi connectivity index (χ2v) is 2.38. The van der Waals surface area contributed by atoms with Crippen LogP contribution < -0.4 is 0 Å². The molecule has 0 nitrogen and oxygen atoms in total. The molecular weight excluding hydrogens is 144 g/mol. The normalized spacial score (nSPS) is 8.00. The van der Waals surface area contributed by atoms with E-state index >= 15 is 0 Å². The molecule has 12 heavy (non-hydrogen) atoms. The van der Waals surface area contributed by atoms with Crippen LogP contribution in [0.2, 0.25) is 0 Å². The van der Waals surface area contributed by atoms with E-state index in [1.807, 2.05) is 31.2 Å². The molecule has 1 aromatic rings. The minimum atomic E-state index is 0.886. The Balaban J connectivity index is 2.87. The quantitative estimate of drug-likeness (QED) is 0.503. The van der Waals surface area contributed by atoms with E-state index in [0.29, 0.717) is 0 Å². The molecule has 58 valence electrons. The zero-order chi connectivity index (χ0) is 8.81. The standard InChI is InChI=1S/C12H10/c1-3-5-6-12-9-7-11(4-2)8-10-12/h2,7-10H,3H2,1H3. The van der Waals surface area contributed by atoms with Crippen molar-refractivity contribution in [1.82, 2.24) is 0 Å². The Hall–Kier alpha value is -1.66. The molecule has 0 aliphatic heterocycles. The van der Waals surface area contributed by atoms with Crippen LogP contribution in [0.15, 0.2) is 24.3 Å². The van der Waals surface area contributed by atoms with Crippen molar-refractivity contribution in [3.63, 3.8) is 0 Å². The molecule has 0 N–H and O–H groups in total. The summed E-state index contributed by atoms with van der Waals surface area (Å²) in [6.45, 7) is 2.03. The van der Waals surface area contributed by atoms with Gasteiger partial charge in [-0.15, -0.1) is 6.42 Å². The number of hydrogen-bond donors (Lipinski definition) is 0. The van der Waals surface area contributed by atoms with E-state index in [2.05, 4.69) is 17.8 Å². The van der Waals surface area contributed by atoms with Gasteiger partial charge in [0.15, 0.2) is 0 Å². The molecule has 0 amide bonds. The van der Waals surface area contributed by atoms with Gasteiger partial charge >= 0.3 is 0 Å². The van der Waals surface area contributed by atoms with Crippen LogP contribution in [-0.2, 0) is 0 Å². The molecule has 0 heteroatoms. The maximum absolute atomic E-state index is 5.21. The topological polar surface area (TPSA) is 0 Å². The summed E-state index contributed by atoms with van der Waals surface area (Å²) >= 11 is 0. The fraction of sp³-hybridized carbons (Fsp3) is 0.167. The van der Waals surface area contributed by atoms with Crippen LogP contribution >= 0.6 is 0 Å². The molecule has 0 spiro atoms. The summed E-state index contributed by atoms with van der Waals surface area (Å²) in [7, 11) is 0. The van der Waals surface area contributed by atoms with E-state index < -0.39 is 0 Å². The van der Waals surface area contributed by atoms with E-state index in [0.717, 1.165) is 17.5 Å². The summed E-state index contributed by atoms with van der Waals surface area (Å²) in [4.78, 5) is 0. The molecule has 0 aliphatic rings. The highest BCUT2D eigenvalue weighted by molar-refractivity contribution is 5.40. The van der Waals surface area contributed by atoms with Gasteiger partial charge in [-0.2, -0.15) is 0 Å². The summed E-state index contributed by atoms with van der Waals surface area (Å²) < 4.78 is 0. The lowest BCUT2D eigenvalue weighted by atomic mass is 10.1. The number of benzene rings is 1. The summed E-state index contributed by atoms with van der Waals surface area (Å²) in [6.07, 6.45) is 6.10. The van der Waals surface area contributed by atoms with Crippen molar-refractivity contribution in [3.05, 3.63) is 35.4 Å². The third kappa shape index (κ3) is 2.19. The van der Waals surface area contributed by atoms with Crippen LogP contribution in [0.25, 0.3) is 0 Å². The first-order valence-electron chi connectivity index (χ1n) is 3.92. The zero-order valence-electron chi connectivity index (χ0n) is 7.09. The van der Waals surface area contributed by atoms with E-state index in [4.69, 9.17) is 6.42 Å². The zero-order valence-corrected chi connectivity index (χ0v) is 7.09. The Morgan fingerprint density at radius 2 is 1.75 bits per heavy atom. The van der Waals surface area contributed by atoms with E-state index in [-0.39, 0.29) is 0 Å². The Morgan fingerprint density at radius 1 is 1.17 bits per heavy atom. The summed E-state index contributed by atoms with van der Waals surface area (Å²) in [5.41, 5.74) is 1.92. The molecule has 0 radical (unpaired) electrons. The maximum Gasteiger partial charge on any atom is 0.0246 e. The third-order valence-electron chi connectivity index (χ3n) is 1.46. The van der Waals surface area contributed by atoms with Gasteiger partial charge in [0, 0.05) is 17.5 Å². The van der Waals surface area contributed by atoms with Crippen molar-refractivity contribution in [2.45, 2.75) is 13.3 Å². The van der Waals surface area contributed by atoms with Gasteiger partial charge in [0.2, 0.25) is 0 Å². The molecule has 0 atom stereocenters. The minimum absolute atomic E-state index is 0.886. The molecule has 1 aromatic carbocycles. The van der Waals surface area contributed by atoms with Crippen molar-refractivity contribution in [3.8, 4) is 24.2 Å². The third-order valence-corrected chi connectivity index (χ3v) is 1.46. The Kier molecular flexibility index (Phi) is 3.00. The molecule has 0 aromatic heterocycles. The van der Waals surface area contributed by atoms with Gasteiger partial charge in [0.1, 0.15) is 0 Å². The van der Waals surface area contributed by atoms with E-state index in [1.54, 1.807) is 0 Å². The summed E-state index contributed by atoms with van der Waals surface area (Å²) in [5.74, 6) is 8.59. The highest BCUT2D eigenvalue weighted by Crippen LogP contribution is 2.01. The predicted molar refractivity (Wildman–Crippen MR) is 51.5 cm³/mol. The molecule has 0 saturated carbocycles. The number of rotatable bonds is 0. The molecule has 0 fully saturated rings. The lowest BCUT2D eigenvalue weighted by Gasteiger charge is -1.90. The Morgan fingerprint density at radius 3 is 2.25 bits per heavy atom. The van der Waals surface area contributed by atoms with Gasteiger partial charge in [-0.05, 0) is 24.3 Å². The minimum Gasteiger partial charge on any atom is -0.115 e. The number of hydrogen-bond acceptors (Lipinski definition) is 0. The van der Waals surface area contributed by atoms with Crippen LogP contribution in [0.1, 0.15) is 24.5 Å². The van der Waals surface area contributed by atoms with Crippen LogP contribution in [0.5, 0.6) is 0 Å². The van der Waals surface area contributed by atoms with E-state index in [1.165, 1.54) is 0 Å². The summed E-state index contributed by atoms with van der Waals surface area (Å²) in [5, 5.41) is 0. The van der Waals surface area contributed by atoms with Gasteiger partial charge in [-0.1, -0.05) is 24.7 Å². The van der Waals surface area contributed by atoms with Crippen molar-refractivity contribution >= 4 is 0 Å². The average molecular weight is 154 g/mol. The van der Waals surface area contributed by atoms with Crippen molar-refractivity contribution in [2.24, 2.45) is 0 Å². The highest BCUT2D eigenvalue weighted by atomic mass is 13.9. The van der Waals surface area contributed by atoms with Gasteiger partial charge in [0.25, 0.3) is 0 Å². The fourth-order valence-electron chi connectivity index (χ4n) is 0.840. The smallest absolute Gasteiger partial charge is 0.0246 e. The van der Waals surface area contributed by atoms with Crippen LogP contribution in [0, 0.1) is 24.2 Å². The van der Waals surface area contributed by atoms with E-state index in [9.17, 15) is 0 Å². The van der Waals surface area contributed by atoms with Crippen molar-refractivity contribution < 1.29 is 0 Å². The molecular formula is C12H10. The predicted octanol–water partition coefficient (Wildman–Crippen LogP) is 2.43. The largest absolute Gasteiger partial charge is 0.115 e. The van der Waals surface area contributed by atoms with Gasteiger partial charge in [-0.3, -0.25) is 0 Å². The second kappa shape index (κ2) is 4.27. The Bertz CT molecular complexity index is 338. The molecule has 0 heterocycles. The van der Waals surface area contributed by atoms with Crippen LogP contribution in [0.4, 0.5) is 0 Å². The van der Waals surface area contributed by atoms with Gasteiger partial charge in [0.05, 0.1) is 0 Å². The maximum atomic E-state index is 5.21. The molecule has 0 bridgehead atoms. The molecule has 0 unspecified atom stereocenters. The molecule has 0 aliphatic carbocycles. The van der Waals surface area contributed by atoms with Gasteiger partial charge < -0.3 is 0 Å². The molecule has 1 rings (SSSR count). The van der Waals surface area contributed by atoms with Crippen LogP contribution in [-0.4, -0.2) is 0 Å².